The van der Waals surface area contributed by atoms with E-state index >= 15 is 0 Å². The number of carbonyl (C=O) groups excluding carboxylic acids is 1. The third-order valence-electron chi connectivity index (χ3n) is 4.33. The van der Waals surface area contributed by atoms with Gasteiger partial charge in [0.05, 0.1) is 11.8 Å². The lowest BCUT2D eigenvalue weighted by molar-refractivity contribution is 0.0831. The summed E-state index contributed by atoms with van der Waals surface area (Å²) in [6.07, 6.45) is 1.71. The van der Waals surface area contributed by atoms with Crippen molar-refractivity contribution < 1.29 is 9.45 Å². The Morgan fingerprint density at radius 1 is 0.957 bits per heavy atom. The normalized spacial score (nSPS) is 15.0. The molecule has 108 valence electrons. The van der Waals surface area contributed by atoms with Crippen molar-refractivity contribution in [3.05, 3.63) is 71.8 Å². The third-order valence-corrected chi connectivity index (χ3v) is 4.33. The number of hydrogen-bond acceptors (Lipinski definition) is 3. The predicted octanol–water partition coefficient (Wildman–Crippen LogP) is 2.42. The fourth-order valence-corrected chi connectivity index (χ4v) is 3.17. The van der Waals surface area contributed by atoms with Crippen LogP contribution in [0.5, 0.6) is 5.75 Å². The fourth-order valence-electron chi connectivity index (χ4n) is 3.17. The van der Waals surface area contributed by atoms with Crippen LogP contribution in [0.3, 0.4) is 0 Å². The molecule has 3 aromatic rings. The van der Waals surface area contributed by atoms with Crippen molar-refractivity contribution in [3.8, 4) is 5.75 Å². The lowest BCUT2D eigenvalue weighted by Gasteiger charge is -2.33. The van der Waals surface area contributed by atoms with Crippen LogP contribution in [0.25, 0.3) is 10.8 Å². The van der Waals surface area contributed by atoms with E-state index < -0.39 is 7.05 Å². The number of hydrazone groups is 1. The number of rotatable bonds is 0. The molecule has 0 saturated heterocycles. The molecular weight excluding hydrogens is 287 g/mol. The van der Waals surface area contributed by atoms with Gasteiger partial charge in [0.25, 0.3) is 5.91 Å². The molecule has 0 bridgehead atoms. The lowest BCUT2D eigenvalue weighted by Crippen LogP contribution is -2.58. The quantitative estimate of drug-likeness (QED) is 0.598. The SMILES string of the molecule is O=C1c2cc3ccccc3cc2OB2c3ccccc3C=NN21. The van der Waals surface area contributed by atoms with Crippen molar-refractivity contribution in [2.24, 2.45) is 5.10 Å². The Bertz CT molecular complexity index is 999. The summed E-state index contributed by atoms with van der Waals surface area (Å²) in [6.45, 7) is 0. The first-order valence-corrected chi connectivity index (χ1v) is 7.47. The van der Waals surface area contributed by atoms with E-state index in [1.54, 1.807) is 6.21 Å². The molecule has 3 aromatic carbocycles. The Hall–Kier alpha value is -3.08. The molecule has 5 rings (SSSR count). The van der Waals surface area contributed by atoms with Gasteiger partial charge in [0.1, 0.15) is 5.75 Å². The fraction of sp³-hybridized carbons (Fsp3) is 0. The molecule has 2 heterocycles. The van der Waals surface area contributed by atoms with E-state index in [0.717, 1.165) is 21.8 Å². The first kappa shape index (κ1) is 12.5. The first-order valence-electron chi connectivity index (χ1n) is 7.47. The van der Waals surface area contributed by atoms with E-state index in [1.165, 1.54) is 4.92 Å². The van der Waals surface area contributed by atoms with Gasteiger partial charge in [-0.3, -0.25) is 4.79 Å². The highest BCUT2D eigenvalue weighted by atomic mass is 16.5. The van der Waals surface area contributed by atoms with Crippen LogP contribution in [0.2, 0.25) is 0 Å². The highest BCUT2D eigenvalue weighted by molar-refractivity contribution is 6.70. The number of hydrogen-bond donors (Lipinski definition) is 0. The van der Waals surface area contributed by atoms with E-state index in [2.05, 4.69) is 5.10 Å². The van der Waals surface area contributed by atoms with Crippen LogP contribution in [0.15, 0.2) is 65.8 Å². The second-order valence-electron chi connectivity index (χ2n) is 5.69. The molecule has 2 aliphatic rings. The van der Waals surface area contributed by atoms with Crippen molar-refractivity contribution >= 4 is 35.4 Å². The average Bonchev–Trinajstić information content (AvgIpc) is 2.60. The predicted molar refractivity (Wildman–Crippen MR) is 90.2 cm³/mol. The van der Waals surface area contributed by atoms with Gasteiger partial charge in [0, 0.05) is 0 Å². The third kappa shape index (κ3) is 1.73. The molecule has 0 fully saturated rings. The Morgan fingerprint density at radius 3 is 2.57 bits per heavy atom. The second-order valence-corrected chi connectivity index (χ2v) is 5.69. The lowest BCUT2D eigenvalue weighted by atomic mass is 9.67. The van der Waals surface area contributed by atoms with Crippen LogP contribution < -0.4 is 10.1 Å². The minimum Gasteiger partial charge on any atom is -0.536 e. The standard InChI is InChI=1S/C18H11BN2O2/c22-18-15-9-12-5-1-2-6-13(12)10-17(15)23-19-16-8-4-3-7-14(16)11-20-21(18)19/h1-11H. The molecule has 0 aromatic heterocycles. The van der Waals surface area contributed by atoms with E-state index in [0.29, 0.717) is 11.3 Å². The zero-order valence-electron chi connectivity index (χ0n) is 12.1. The smallest absolute Gasteiger partial charge is 0.536 e. The number of nitrogens with zero attached hydrogens (tertiary/aromatic N) is 2. The van der Waals surface area contributed by atoms with E-state index in [4.69, 9.17) is 4.65 Å². The maximum absolute atomic E-state index is 12.8. The molecule has 0 N–H and O–H groups in total. The van der Waals surface area contributed by atoms with Crippen LogP contribution in [0.1, 0.15) is 15.9 Å². The van der Waals surface area contributed by atoms with Gasteiger partial charge in [-0.2, -0.15) is 5.10 Å². The van der Waals surface area contributed by atoms with Gasteiger partial charge < -0.3 is 4.65 Å². The van der Waals surface area contributed by atoms with Crippen LogP contribution in [0, 0.1) is 0 Å². The molecule has 2 aliphatic heterocycles. The second kappa shape index (κ2) is 4.46. The van der Waals surface area contributed by atoms with Crippen molar-refractivity contribution in [1.82, 2.24) is 4.92 Å². The molecule has 1 amide bonds. The van der Waals surface area contributed by atoms with Crippen molar-refractivity contribution in [1.29, 1.82) is 0 Å². The molecule has 0 saturated carbocycles. The Kier molecular flexibility index (Phi) is 2.42. The summed E-state index contributed by atoms with van der Waals surface area (Å²) in [4.78, 5) is 14.3. The van der Waals surface area contributed by atoms with Gasteiger partial charge in [0.2, 0.25) is 0 Å². The maximum Gasteiger partial charge on any atom is 0.544 e. The molecular formula is C18H11BN2O2. The van der Waals surface area contributed by atoms with Gasteiger partial charge in [0.15, 0.2) is 0 Å². The van der Waals surface area contributed by atoms with Gasteiger partial charge in [-0.05, 0) is 33.9 Å². The first-order chi connectivity index (χ1) is 11.3. The Morgan fingerprint density at radius 2 is 1.70 bits per heavy atom. The van der Waals surface area contributed by atoms with Crippen molar-refractivity contribution in [2.75, 3.05) is 0 Å². The van der Waals surface area contributed by atoms with E-state index in [-0.39, 0.29) is 5.91 Å². The summed E-state index contributed by atoms with van der Waals surface area (Å²) in [7, 11) is -0.502. The number of fused-ring (bicyclic) bond motifs is 5. The summed E-state index contributed by atoms with van der Waals surface area (Å²) < 4.78 is 6.13. The summed E-state index contributed by atoms with van der Waals surface area (Å²) in [6, 6.07) is 19.6. The molecule has 0 radical (unpaired) electrons. The van der Waals surface area contributed by atoms with Crippen LogP contribution in [-0.2, 0) is 0 Å². The van der Waals surface area contributed by atoms with Gasteiger partial charge in [-0.15, -0.1) is 0 Å². The molecule has 0 unspecified atom stereocenters. The van der Waals surface area contributed by atoms with Gasteiger partial charge in [-0.1, -0.05) is 48.5 Å². The molecule has 0 aliphatic carbocycles. The molecule has 4 nitrogen and oxygen atoms in total. The number of amides is 1. The van der Waals surface area contributed by atoms with E-state index in [1.807, 2.05) is 60.7 Å². The number of carbonyl (C=O) groups is 1. The molecule has 23 heavy (non-hydrogen) atoms. The Balaban J connectivity index is 1.71. The minimum absolute atomic E-state index is 0.132. The maximum atomic E-state index is 12.8. The molecule has 0 spiro atoms. The minimum atomic E-state index is -0.502. The van der Waals surface area contributed by atoms with Crippen molar-refractivity contribution in [2.45, 2.75) is 0 Å². The Labute approximate surface area is 133 Å². The highest BCUT2D eigenvalue weighted by Crippen LogP contribution is 2.32. The van der Waals surface area contributed by atoms with Gasteiger partial charge >= 0.3 is 7.05 Å². The molecule has 5 heteroatoms. The largest absolute Gasteiger partial charge is 0.544 e. The number of benzene rings is 3. The summed E-state index contributed by atoms with van der Waals surface area (Å²) in [5, 5.41) is 6.36. The van der Waals surface area contributed by atoms with Crippen LogP contribution in [-0.4, -0.2) is 24.1 Å². The molecule has 0 atom stereocenters. The summed E-state index contributed by atoms with van der Waals surface area (Å²) in [5.41, 5.74) is 2.48. The zero-order valence-corrected chi connectivity index (χ0v) is 12.1. The highest BCUT2D eigenvalue weighted by Gasteiger charge is 2.43. The topological polar surface area (TPSA) is 41.9 Å². The van der Waals surface area contributed by atoms with E-state index in [9.17, 15) is 4.79 Å². The monoisotopic (exact) mass is 298 g/mol. The average molecular weight is 298 g/mol. The summed E-state index contributed by atoms with van der Waals surface area (Å²) in [5.74, 6) is 0.481. The van der Waals surface area contributed by atoms with Crippen LogP contribution >= 0.6 is 0 Å². The van der Waals surface area contributed by atoms with Crippen LogP contribution in [0.4, 0.5) is 0 Å². The zero-order chi connectivity index (χ0) is 15.4. The van der Waals surface area contributed by atoms with Crippen molar-refractivity contribution in [3.63, 3.8) is 0 Å². The van der Waals surface area contributed by atoms with Gasteiger partial charge in [-0.25, -0.2) is 4.92 Å². The summed E-state index contributed by atoms with van der Waals surface area (Å²) >= 11 is 0.